The molecule has 2 nitrogen and oxygen atoms in total. The maximum atomic E-state index is 3.77. The van der Waals surface area contributed by atoms with E-state index in [-0.39, 0.29) is 0 Å². The zero-order chi connectivity index (χ0) is 10.2. The fourth-order valence-electron chi connectivity index (χ4n) is 3.09. The SMILES string of the molecule is CCC1(C)CN(C)C2(CCCC2)CN1. The first-order valence-corrected chi connectivity index (χ1v) is 6.07. The average Bonchev–Trinajstić information content (AvgIpc) is 2.63. The van der Waals surface area contributed by atoms with Crippen molar-refractivity contribution >= 4 is 0 Å². The maximum absolute atomic E-state index is 3.77. The number of rotatable bonds is 1. The highest BCUT2D eigenvalue weighted by molar-refractivity contribution is 5.04. The van der Waals surface area contributed by atoms with Crippen molar-refractivity contribution < 1.29 is 0 Å². The molecule has 1 unspecified atom stereocenters. The van der Waals surface area contributed by atoms with Crippen LogP contribution in [0.5, 0.6) is 0 Å². The summed E-state index contributed by atoms with van der Waals surface area (Å²) in [6, 6.07) is 0. The number of nitrogens with one attached hydrogen (secondary N) is 1. The number of piperazine rings is 1. The van der Waals surface area contributed by atoms with Crippen molar-refractivity contribution in [1.29, 1.82) is 0 Å². The minimum atomic E-state index is 0.350. The normalized spacial score (nSPS) is 37.9. The first-order valence-electron chi connectivity index (χ1n) is 6.07. The van der Waals surface area contributed by atoms with Crippen molar-refractivity contribution in [3.8, 4) is 0 Å². The molecule has 1 atom stereocenters. The molecule has 0 aromatic carbocycles. The van der Waals surface area contributed by atoms with Gasteiger partial charge < -0.3 is 5.32 Å². The Morgan fingerprint density at radius 3 is 2.43 bits per heavy atom. The third kappa shape index (κ3) is 1.59. The van der Waals surface area contributed by atoms with E-state index in [1.54, 1.807) is 0 Å². The zero-order valence-corrected chi connectivity index (χ0v) is 9.90. The fourth-order valence-corrected chi connectivity index (χ4v) is 3.09. The molecule has 1 N–H and O–H groups in total. The van der Waals surface area contributed by atoms with E-state index in [1.807, 2.05) is 0 Å². The van der Waals surface area contributed by atoms with Crippen molar-refractivity contribution in [2.75, 3.05) is 20.1 Å². The van der Waals surface area contributed by atoms with E-state index in [0.717, 1.165) is 0 Å². The van der Waals surface area contributed by atoms with Crippen LogP contribution in [0.3, 0.4) is 0 Å². The standard InChI is InChI=1S/C12H24N2/c1-4-11(2)10-14(3)12(9-13-11)7-5-6-8-12/h13H,4-10H2,1-3H3. The van der Waals surface area contributed by atoms with Crippen LogP contribution in [0.25, 0.3) is 0 Å². The monoisotopic (exact) mass is 196 g/mol. The molecule has 2 heteroatoms. The largest absolute Gasteiger partial charge is 0.308 e. The first-order chi connectivity index (χ1) is 6.60. The average molecular weight is 196 g/mol. The van der Waals surface area contributed by atoms with Gasteiger partial charge in [0.2, 0.25) is 0 Å². The minimum Gasteiger partial charge on any atom is -0.308 e. The highest BCUT2D eigenvalue weighted by atomic mass is 15.3. The summed E-state index contributed by atoms with van der Waals surface area (Å²) < 4.78 is 0. The van der Waals surface area contributed by atoms with Gasteiger partial charge in [0, 0.05) is 24.2 Å². The lowest BCUT2D eigenvalue weighted by molar-refractivity contribution is 0.0343. The Hall–Kier alpha value is -0.0800. The summed E-state index contributed by atoms with van der Waals surface area (Å²) in [5.41, 5.74) is 0.858. The lowest BCUT2D eigenvalue weighted by atomic mass is 9.85. The number of hydrogen-bond donors (Lipinski definition) is 1. The summed E-state index contributed by atoms with van der Waals surface area (Å²) in [5.74, 6) is 0. The Bertz CT molecular complexity index is 208. The number of likely N-dealkylation sites (N-methyl/N-ethyl adjacent to an activating group) is 1. The molecule has 82 valence electrons. The van der Waals surface area contributed by atoms with Gasteiger partial charge in [0.25, 0.3) is 0 Å². The van der Waals surface area contributed by atoms with Crippen LogP contribution in [0.2, 0.25) is 0 Å². The molecule has 14 heavy (non-hydrogen) atoms. The topological polar surface area (TPSA) is 15.3 Å². The molecule has 0 radical (unpaired) electrons. The van der Waals surface area contributed by atoms with Gasteiger partial charge in [0.1, 0.15) is 0 Å². The van der Waals surface area contributed by atoms with Gasteiger partial charge in [-0.2, -0.15) is 0 Å². The zero-order valence-electron chi connectivity index (χ0n) is 9.90. The smallest absolute Gasteiger partial charge is 0.0331 e. The summed E-state index contributed by atoms with van der Waals surface area (Å²) in [4.78, 5) is 2.62. The highest BCUT2D eigenvalue weighted by Crippen LogP contribution is 2.37. The van der Waals surface area contributed by atoms with E-state index in [4.69, 9.17) is 0 Å². The van der Waals surface area contributed by atoms with Crippen molar-refractivity contribution in [2.24, 2.45) is 0 Å². The van der Waals surface area contributed by atoms with Crippen LogP contribution in [0.15, 0.2) is 0 Å². The second-order valence-corrected chi connectivity index (χ2v) is 5.56. The third-order valence-electron chi connectivity index (χ3n) is 4.55. The van der Waals surface area contributed by atoms with Crippen molar-refractivity contribution in [2.45, 2.75) is 57.0 Å². The van der Waals surface area contributed by atoms with Crippen molar-refractivity contribution in [3.63, 3.8) is 0 Å². The lowest BCUT2D eigenvalue weighted by Crippen LogP contribution is -2.66. The van der Waals surface area contributed by atoms with Gasteiger partial charge in [-0.15, -0.1) is 0 Å². The van der Waals surface area contributed by atoms with Crippen LogP contribution in [0.4, 0.5) is 0 Å². The summed E-state index contributed by atoms with van der Waals surface area (Å²) in [5, 5.41) is 3.77. The van der Waals surface area contributed by atoms with E-state index in [2.05, 4.69) is 31.1 Å². The minimum absolute atomic E-state index is 0.350. The van der Waals surface area contributed by atoms with Crippen LogP contribution in [-0.4, -0.2) is 36.1 Å². The molecule has 1 heterocycles. The molecule has 1 saturated heterocycles. The molecule has 2 aliphatic rings. The third-order valence-corrected chi connectivity index (χ3v) is 4.55. The van der Waals surface area contributed by atoms with Gasteiger partial charge in [0.15, 0.2) is 0 Å². The molecule has 2 rings (SSSR count). The molecule has 2 fully saturated rings. The molecule has 1 aliphatic carbocycles. The predicted octanol–water partition coefficient (Wildman–Crippen LogP) is 2.00. The van der Waals surface area contributed by atoms with E-state index in [1.165, 1.54) is 45.2 Å². The molecule has 0 aromatic heterocycles. The Morgan fingerprint density at radius 2 is 1.93 bits per heavy atom. The predicted molar refractivity (Wildman–Crippen MR) is 60.5 cm³/mol. The van der Waals surface area contributed by atoms with E-state index in [0.29, 0.717) is 11.1 Å². The Kier molecular flexibility index (Phi) is 2.61. The molecular weight excluding hydrogens is 172 g/mol. The van der Waals surface area contributed by atoms with E-state index in [9.17, 15) is 0 Å². The molecular formula is C12H24N2. The van der Waals surface area contributed by atoms with Crippen molar-refractivity contribution in [1.82, 2.24) is 10.2 Å². The Balaban J connectivity index is 2.06. The van der Waals surface area contributed by atoms with Crippen LogP contribution in [0, 0.1) is 0 Å². The Labute approximate surface area is 88.1 Å². The van der Waals surface area contributed by atoms with Crippen LogP contribution in [-0.2, 0) is 0 Å². The van der Waals surface area contributed by atoms with Gasteiger partial charge in [0.05, 0.1) is 0 Å². The van der Waals surface area contributed by atoms with E-state index >= 15 is 0 Å². The van der Waals surface area contributed by atoms with Crippen LogP contribution >= 0.6 is 0 Å². The maximum Gasteiger partial charge on any atom is 0.0331 e. The summed E-state index contributed by atoms with van der Waals surface area (Å²) >= 11 is 0. The Morgan fingerprint density at radius 1 is 1.29 bits per heavy atom. The highest BCUT2D eigenvalue weighted by Gasteiger charge is 2.44. The summed E-state index contributed by atoms with van der Waals surface area (Å²) in [7, 11) is 2.32. The first kappa shape index (κ1) is 10.4. The second-order valence-electron chi connectivity index (χ2n) is 5.56. The number of nitrogens with zero attached hydrogens (tertiary/aromatic N) is 1. The molecule has 1 spiro atoms. The van der Waals surface area contributed by atoms with Gasteiger partial charge in [-0.05, 0) is 33.2 Å². The molecule has 0 bridgehead atoms. The second kappa shape index (κ2) is 3.49. The van der Waals surface area contributed by atoms with E-state index < -0.39 is 0 Å². The molecule has 1 aliphatic heterocycles. The summed E-state index contributed by atoms with van der Waals surface area (Å²) in [6.45, 7) is 7.05. The molecule has 1 saturated carbocycles. The van der Waals surface area contributed by atoms with Crippen LogP contribution < -0.4 is 5.32 Å². The van der Waals surface area contributed by atoms with Gasteiger partial charge in [-0.25, -0.2) is 0 Å². The van der Waals surface area contributed by atoms with Gasteiger partial charge in [-0.3, -0.25) is 4.90 Å². The number of hydrogen-bond acceptors (Lipinski definition) is 2. The van der Waals surface area contributed by atoms with Crippen LogP contribution in [0.1, 0.15) is 46.0 Å². The summed E-state index contributed by atoms with van der Waals surface area (Å²) in [6.07, 6.45) is 6.88. The van der Waals surface area contributed by atoms with Gasteiger partial charge >= 0.3 is 0 Å². The quantitative estimate of drug-likeness (QED) is 0.690. The van der Waals surface area contributed by atoms with Crippen molar-refractivity contribution in [3.05, 3.63) is 0 Å². The fraction of sp³-hybridized carbons (Fsp3) is 1.00. The lowest BCUT2D eigenvalue weighted by Gasteiger charge is -2.51. The molecule has 0 aromatic rings. The van der Waals surface area contributed by atoms with Gasteiger partial charge in [-0.1, -0.05) is 19.8 Å². The molecule has 0 amide bonds.